The number of alkyl halides is 3. The van der Waals surface area contributed by atoms with Gasteiger partial charge in [0.15, 0.2) is 10.5 Å². The molecule has 1 rings (SSSR count). The molecule has 0 saturated carbocycles. The molecular formula is C4H6F3N3S. The first-order valence-electron chi connectivity index (χ1n) is 2.75. The van der Waals surface area contributed by atoms with Gasteiger partial charge in [0, 0.05) is 7.05 Å². The molecule has 1 aliphatic heterocycles. The summed E-state index contributed by atoms with van der Waals surface area (Å²) in [4.78, 5) is 3.56. The summed E-state index contributed by atoms with van der Waals surface area (Å²) in [7, 11) is 1.43. The Labute approximate surface area is 65.4 Å². The van der Waals surface area contributed by atoms with E-state index < -0.39 is 11.6 Å². The van der Waals surface area contributed by atoms with Crippen molar-refractivity contribution < 1.29 is 13.2 Å². The van der Waals surface area contributed by atoms with Crippen LogP contribution in [-0.4, -0.2) is 23.8 Å². The summed E-state index contributed by atoms with van der Waals surface area (Å²) in [5, 5.41) is -1.33. The Bertz CT molecular complexity index is 178. The first-order chi connectivity index (χ1) is 5.04. The van der Waals surface area contributed by atoms with Crippen LogP contribution in [0.25, 0.3) is 0 Å². The van der Waals surface area contributed by atoms with Crippen molar-refractivity contribution in [1.82, 2.24) is 10.9 Å². The molecule has 11 heavy (non-hydrogen) atoms. The van der Waals surface area contributed by atoms with Crippen LogP contribution in [0.3, 0.4) is 0 Å². The van der Waals surface area contributed by atoms with Crippen LogP contribution in [-0.2, 0) is 0 Å². The lowest BCUT2D eigenvalue weighted by atomic mass is 10.6. The minimum atomic E-state index is -4.23. The van der Waals surface area contributed by atoms with Crippen LogP contribution in [0.4, 0.5) is 13.2 Å². The lowest BCUT2D eigenvalue weighted by Gasteiger charge is -2.10. The van der Waals surface area contributed by atoms with Crippen LogP contribution in [0.2, 0.25) is 0 Å². The lowest BCUT2D eigenvalue weighted by molar-refractivity contribution is -0.134. The minimum absolute atomic E-state index is 0.257. The third-order valence-electron chi connectivity index (χ3n) is 1.04. The van der Waals surface area contributed by atoms with Crippen LogP contribution < -0.4 is 10.9 Å². The van der Waals surface area contributed by atoms with Crippen molar-refractivity contribution in [2.45, 2.75) is 11.6 Å². The van der Waals surface area contributed by atoms with Crippen molar-refractivity contribution in [3.05, 3.63) is 0 Å². The molecule has 0 radical (unpaired) electrons. The summed E-state index contributed by atoms with van der Waals surface area (Å²) < 4.78 is 35.7. The lowest BCUT2D eigenvalue weighted by Crippen LogP contribution is -2.40. The van der Waals surface area contributed by atoms with Gasteiger partial charge in [0.25, 0.3) is 0 Å². The normalized spacial score (nSPS) is 29.1. The van der Waals surface area contributed by atoms with Gasteiger partial charge in [-0.2, -0.15) is 13.2 Å². The molecule has 64 valence electrons. The van der Waals surface area contributed by atoms with E-state index in [4.69, 9.17) is 0 Å². The van der Waals surface area contributed by atoms with Crippen molar-refractivity contribution >= 4 is 16.9 Å². The molecule has 1 fully saturated rings. The first kappa shape index (κ1) is 8.66. The summed E-state index contributed by atoms with van der Waals surface area (Å²) in [6.07, 6.45) is -4.23. The number of hydrazine groups is 1. The van der Waals surface area contributed by atoms with Gasteiger partial charge >= 0.3 is 6.18 Å². The fourth-order valence-electron chi connectivity index (χ4n) is 0.555. The summed E-state index contributed by atoms with van der Waals surface area (Å²) in [5.41, 5.74) is 4.36. The van der Waals surface area contributed by atoms with Gasteiger partial charge < -0.3 is 0 Å². The number of hydrogen-bond donors (Lipinski definition) is 2. The average Bonchev–Trinajstić information content (AvgIpc) is 2.32. The highest BCUT2D eigenvalue weighted by Crippen LogP contribution is 2.30. The van der Waals surface area contributed by atoms with Crippen LogP contribution in [0, 0.1) is 0 Å². The number of nitrogens with zero attached hydrogens (tertiary/aromatic N) is 1. The number of halogens is 3. The maximum atomic E-state index is 11.9. The van der Waals surface area contributed by atoms with Crippen molar-refractivity contribution in [3.63, 3.8) is 0 Å². The van der Waals surface area contributed by atoms with Crippen LogP contribution in [0.5, 0.6) is 0 Å². The molecule has 1 atom stereocenters. The zero-order valence-corrected chi connectivity index (χ0v) is 6.38. The standard InChI is InChI=1S/C4H6F3N3S/c1-8-3-10-9-2(11-3)4(5,6)7/h2,9H,1H3,(H,8,10). The van der Waals surface area contributed by atoms with E-state index in [0.29, 0.717) is 11.8 Å². The first-order valence-corrected chi connectivity index (χ1v) is 3.63. The van der Waals surface area contributed by atoms with E-state index >= 15 is 0 Å². The zero-order chi connectivity index (χ0) is 8.48. The van der Waals surface area contributed by atoms with E-state index in [-0.39, 0.29) is 5.17 Å². The number of nitrogens with one attached hydrogen (secondary N) is 2. The van der Waals surface area contributed by atoms with E-state index in [1.165, 1.54) is 7.05 Å². The number of rotatable bonds is 0. The summed E-state index contributed by atoms with van der Waals surface area (Å²) in [6, 6.07) is 0. The van der Waals surface area contributed by atoms with E-state index in [9.17, 15) is 13.2 Å². The molecule has 1 aliphatic rings. The van der Waals surface area contributed by atoms with Crippen molar-refractivity contribution in [2.24, 2.45) is 4.99 Å². The molecular weight excluding hydrogens is 179 g/mol. The predicted octanol–water partition coefficient (Wildman–Crippen LogP) is 0.702. The van der Waals surface area contributed by atoms with Crippen LogP contribution in [0.15, 0.2) is 4.99 Å². The Morgan fingerprint density at radius 1 is 1.55 bits per heavy atom. The smallest absolute Gasteiger partial charge is 0.299 e. The van der Waals surface area contributed by atoms with Crippen molar-refractivity contribution in [1.29, 1.82) is 0 Å². The average molecular weight is 185 g/mol. The molecule has 1 saturated heterocycles. The molecule has 0 spiro atoms. The van der Waals surface area contributed by atoms with Gasteiger partial charge in [0.05, 0.1) is 0 Å². The molecule has 0 aromatic heterocycles. The molecule has 3 nitrogen and oxygen atoms in total. The van der Waals surface area contributed by atoms with Gasteiger partial charge in [-0.3, -0.25) is 10.4 Å². The van der Waals surface area contributed by atoms with Gasteiger partial charge in [0.2, 0.25) is 0 Å². The van der Waals surface area contributed by atoms with Crippen LogP contribution in [0.1, 0.15) is 0 Å². The van der Waals surface area contributed by atoms with Gasteiger partial charge in [-0.25, -0.2) is 5.43 Å². The second-order valence-electron chi connectivity index (χ2n) is 1.84. The quantitative estimate of drug-likeness (QED) is 0.583. The van der Waals surface area contributed by atoms with Gasteiger partial charge in [0.1, 0.15) is 0 Å². The van der Waals surface area contributed by atoms with E-state index in [1.807, 2.05) is 0 Å². The molecule has 1 unspecified atom stereocenters. The second kappa shape index (κ2) is 2.90. The Hall–Kier alpha value is -0.430. The summed E-state index contributed by atoms with van der Waals surface area (Å²) >= 11 is 0.620. The van der Waals surface area contributed by atoms with E-state index in [2.05, 4.69) is 15.8 Å². The summed E-state index contributed by atoms with van der Waals surface area (Å²) in [6.45, 7) is 0. The maximum absolute atomic E-state index is 11.9. The second-order valence-corrected chi connectivity index (χ2v) is 2.93. The Morgan fingerprint density at radius 2 is 2.18 bits per heavy atom. The molecule has 0 amide bonds. The molecule has 0 aromatic carbocycles. The Morgan fingerprint density at radius 3 is 2.45 bits per heavy atom. The highest BCUT2D eigenvalue weighted by molar-refractivity contribution is 8.14. The van der Waals surface area contributed by atoms with Gasteiger partial charge in [-0.1, -0.05) is 11.8 Å². The van der Waals surface area contributed by atoms with Gasteiger partial charge in [-0.05, 0) is 0 Å². The topological polar surface area (TPSA) is 36.4 Å². The molecule has 0 aromatic rings. The Balaban J connectivity index is 2.55. The number of thioether (sulfide) groups is 1. The zero-order valence-electron chi connectivity index (χ0n) is 5.57. The molecule has 2 N–H and O–H groups in total. The third-order valence-corrected chi connectivity index (χ3v) is 2.17. The van der Waals surface area contributed by atoms with E-state index in [1.54, 1.807) is 0 Å². The SMILES string of the molecule is CN=C1NNC(C(F)(F)F)S1. The third kappa shape index (κ3) is 2.00. The maximum Gasteiger partial charge on any atom is 0.415 e. The highest BCUT2D eigenvalue weighted by Gasteiger charge is 2.44. The Kier molecular flexibility index (Phi) is 2.28. The fraction of sp³-hybridized carbons (Fsp3) is 0.750. The molecule has 7 heteroatoms. The van der Waals surface area contributed by atoms with Crippen LogP contribution >= 0.6 is 11.8 Å². The van der Waals surface area contributed by atoms with Crippen molar-refractivity contribution in [2.75, 3.05) is 7.05 Å². The number of amidine groups is 1. The highest BCUT2D eigenvalue weighted by atomic mass is 32.2. The monoisotopic (exact) mass is 185 g/mol. The molecule has 0 aliphatic carbocycles. The fourth-order valence-corrected chi connectivity index (χ4v) is 1.25. The number of hydrogen-bond acceptors (Lipinski definition) is 3. The molecule has 1 heterocycles. The van der Waals surface area contributed by atoms with Gasteiger partial charge in [-0.15, -0.1) is 0 Å². The summed E-state index contributed by atoms with van der Waals surface area (Å²) in [5.74, 6) is 0. The largest absolute Gasteiger partial charge is 0.415 e. The van der Waals surface area contributed by atoms with E-state index in [0.717, 1.165) is 0 Å². The van der Waals surface area contributed by atoms with Crippen molar-refractivity contribution in [3.8, 4) is 0 Å². The predicted molar refractivity (Wildman–Crippen MR) is 37.1 cm³/mol. The molecule has 0 bridgehead atoms. The minimum Gasteiger partial charge on any atom is -0.299 e. The number of aliphatic imine (C=N–C) groups is 1.